The van der Waals surface area contributed by atoms with Gasteiger partial charge in [0.25, 0.3) is 5.91 Å². The quantitative estimate of drug-likeness (QED) is 0.677. The van der Waals surface area contributed by atoms with Gasteiger partial charge in [-0.05, 0) is 25.1 Å². The summed E-state index contributed by atoms with van der Waals surface area (Å²) >= 11 is 3.33. The third-order valence-electron chi connectivity index (χ3n) is 1.75. The van der Waals surface area contributed by atoms with E-state index in [1.807, 2.05) is 24.3 Å². The van der Waals surface area contributed by atoms with Crippen LogP contribution in [-0.2, 0) is 9.53 Å². The first-order chi connectivity index (χ1) is 7.11. The third-order valence-corrected chi connectivity index (χ3v) is 2.24. The molecule has 4 heteroatoms. The first kappa shape index (κ1) is 11.8. The zero-order valence-corrected chi connectivity index (χ0v) is 10.2. The van der Waals surface area contributed by atoms with E-state index in [0.717, 1.165) is 10.2 Å². The van der Waals surface area contributed by atoms with Crippen molar-refractivity contribution in [3.63, 3.8) is 0 Å². The fourth-order valence-electron chi connectivity index (χ4n) is 0.988. The van der Waals surface area contributed by atoms with Crippen molar-refractivity contribution in [1.29, 1.82) is 0 Å². The molecule has 1 amide bonds. The van der Waals surface area contributed by atoms with Gasteiger partial charge in [-0.15, -0.1) is 0 Å². The molecule has 0 saturated heterocycles. The van der Waals surface area contributed by atoms with Crippen LogP contribution in [0.1, 0.15) is 6.92 Å². The summed E-state index contributed by atoms with van der Waals surface area (Å²) in [6, 6.07) is 7.39. The van der Waals surface area contributed by atoms with E-state index in [9.17, 15) is 4.79 Å². The summed E-state index contributed by atoms with van der Waals surface area (Å²) < 4.78 is 5.80. The normalized spacial score (nSPS) is 11.0. The fourth-order valence-corrected chi connectivity index (χ4v) is 1.39. The molecule has 1 N–H and O–H groups in total. The first-order valence-electron chi connectivity index (χ1n) is 4.40. The molecule has 0 aliphatic rings. The number of hydrogen-bond acceptors (Lipinski definition) is 2. The van der Waals surface area contributed by atoms with Gasteiger partial charge in [0, 0.05) is 16.2 Å². The Bertz CT molecular complexity index is 388. The summed E-state index contributed by atoms with van der Waals surface area (Å²) in [5, 5.41) is 2.72. The number of halogens is 1. The second-order valence-corrected chi connectivity index (χ2v) is 3.87. The van der Waals surface area contributed by atoms with Gasteiger partial charge in [-0.1, -0.05) is 22.0 Å². The largest absolute Gasteiger partial charge is 0.501 e. The van der Waals surface area contributed by atoms with Crippen LogP contribution in [0.15, 0.2) is 40.6 Å². The van der Waals surface area contributed by atoms with Crippen molar-refractivity contribution < 1.29 is 9.53 Å². The third kappa shape index (κ3) is 4.16. The molecule has 1 aromatic carbocycles. The second-order valence-electron chi connectivity index (χ2n) is 2.96. The van der Waals surface area contributed by atoms with Gasteiger partial charge in [-0.25, -0.2) is 0 Å². The highest BCUT2D eigenvalue weighted by molar-refractivity contribution is 9.10. The van der Waals surface area contributed by atoms with Crippen LogP contribution in [0.3, 0.4) is 0 Å². The Labute approximate surface area is 97.3 Å². The van der Waals surface area contributed by atoms with E-state index in [1.54, 1.807) is 6.92 Å². The Morgan fingerprint density at radius 3 is 2.87 bits per heavy atom. The molecule has 0 aliphatic heterocycles. The van der Waals surface area contributed by atoms with Gasteiger partial charge in [-0.3, -0.25) is 4.79 Å². The number of methoxy groups -OCH3 is 1. The highest BCUT2D eigenvalue weighted by Gasteiger charge is 1.99. The lowest BCUT2D eigenvalue weighted by Crippen LogP contribution is -2.08. The molecule has 15 heavy (non-hydrogen) atoms. The average molecular weight is 270 g/mol. The second kappa shape index (κ2) is 5.56. The number of rotatable bonds is 3. The highest BCUT2D eigenvalue weighted by Crippen LogP contribution is 2.15. The summed E-state index contributed by atoms with van der Waals surface area (Å²) in [6.07, 6.45) is 1.40. The molecule has 0 aliphatic carbocycles. The van der Waals surface area contributed by atoms with Crippen LogP contribution >= 0.6 is 15.9 Å². The Kier molecular flexibility index (Phi) is 4.37. The van der Waals surface area contributed by atoms with Crippen molar-refractivity contribution in [1.82, 2.24) is 0 Å². The SMILES string of the molecule is CO/C(C)=C/C(=O)Nc1cccc(Br)c1. The number of carbonyl (C=O) groups is 1. The van der Waals surface area contributed by atoms with Gasteiger partial charge in [0.1, 0.15) is 0 Å². The van der Waals surface area contributed by atoms with Gasteiger partial charge in [-0.2, -0.15) is 0 Å². The lowest BCUT2D eigenvalue weighted by Gasteiger charge is -2.03. The molecular weight excluding hydrogens is 258 g/mol. The van der Waals surface area contributed by atoms with Crippen molar-refractivity contribution >= 4 is 27.5 Å². The van der Waals surface area contributed by atoms with Gasteiger partial charge >= 0.3 is 0 Å². The number of hydrogen-bond donors (Lipinski definition) is 1. The lowest BCUT2D eigenvalue weighted by molar-refractivity contribution is -0.112. The zero-order chi connectivity index (χ0) is 11.3. The van der Waals surface area contributed by atoms with E-state index >= 15 is 0 Å². The number of nitrogens with one attached hydrogen (secondary N) is 1. The number of amides is 1. The molecule has 3 nitrogen and oxygen atoms in total. The zero-order valence-electron chi connectivity index (χ0n) is 8.58. The standard InChI is InChI=1S/C11H12BrNO2/c1-8(15-2)6-11(14)13-10-5-3-4-9(12)7-10/h3-7H,1-2H3,(H,13,14)/b8-6+. The predicted molar refractivity (Wildman–Crippen MR) is 63.5 cm³/mol. The maximum atomic E-state index is 11.4. The number of benzene rings is 1. The molecular formula is C11H12BrNO2. The Morgan fingerprint density at radius 1 is 1.53 bits per heavy atom. The molecule has 0 atom stereocenters. The number of ether oxygens (including phenoxy) is 1. The molecule has 0 heterocycles. The fraction of sp³-hybridized carbons (Fsp3) is 0.182. The molecule has 1 aromatic rings. The summed E-state index contributed by atoms with van der Waals surface area (Å²) in [6.45, 7) is 1.72. The number of anilines is 1. The Morgan fingerprint density at radius 2 is 2.27 bits per heavy atom. The average Bonchev–Trinajstić information content (AvgIpc) is 2.17. The topological polar surface area (TPSA) is 38.3 Å². The molecule has 1 rings (SSSR count). The van der Waals surface area contributed by atoms with Crippen LogP contribution in [0.4, 0.5) is 5.69 Å². The van der Waals surface area contributed by atoms with Gasteiger partial charge in [0.2, 0.25) is 0 Å². The van der Waals surface area contributed by atoms with Crippen LogP contribution in [0, 0.1) is 0 Å². The maximum Gasteiger partial charge on any atom is 0.251 e. The molecule has 0 bridgehead atoms. The summed E-state index contributed by atoms with van der Waals surface area (Å²) in [5.74, 6) is 0.370. The van der Waals surface area contributed by atoms with E-state index < -0.39 is 0 Å². The highest BCUT2D eigenvalue weighted by atomic mass is 79.9. The molecule has 0 unspecified atom stereocenters. The molecule has 0 radical (unpaired) electrons. The van der Waals surface area contributed by atoms with Gasteiger partial charge < -0.3 is 10.1 Å². The van der Waals surface area contributed by atoms with Crippen molar-refractivity contribution in [2.75, 3.05) is 12.4 Å². The van der Waals surface area contributed by atoms with E-state index in [4.69, 9.17) is 4.74 Å². The predicted octanol–water partition coefficient (Wildman–Crippen LogP) is 2.94. The molecule has 0 spiro atoms. The van der Waals surface area contributed by atoms with Gasteiger partial charge in [0.15, 0.2) is 0 Å². The van der Waals surface area contributed by atoms with Crippen molar-refractivity contribution in [3.8, 4) is 0 Å². The molecule has 0 fully saturated rings. The van der Waals surface area contributed by atoms with Crippen LogP contribution in [-0.4, -0.2) is 13.0 Å². The summed E-state index contributed by atoms with van der Waals surface area (Å²) in [7, 11) is 1.53. The van der Waals surface area contributed by atoms with Crippen molar-refractivity contribution in [2.45, 2.75) is 6.92 Å². The minimum Gasteiger partial charge on any atom is -0.501 e. The van der Waals surface area contributed by atoms with Gasteiger partial charge in [0.05, 0.1) is 12.9 Å². The Balaban J connectivity index is 2.67. The Hall–Kier alpha value is -1.29. The summed E-state index contributed by atoms with van der Waals surface area (Å²) in [5.41, 5.74) is 0.745. The monoisotopic (exact) mass is 269 g/mol. The smallest absolute Gasteiger partial charge is 0.251 e. The van der Waals surface area contributed by atoms with E-state index in [2.05, 4.69) is 21.2 Å². The van der Waals surface area contributed by atoms with Crippen LogP contribution < -0.4 is 5.32 Å². The van der Waals surface area contributed by atoms with Crippen LogP contribution in [0.5, 0.6) is 0 Å². The molecule has 80 valence electrons. The minimum atomic E-state index is -0.201. The lowest BCUT2D eigenvalue weighted by atomic mass is 10.3. The van der Waals surface area contributed by atoms with E-state index in [0.29, 0.717) is 5.76 Å². The molecule has 0 aromatic heterocycles. The van der Waals surface area contributed by atoms with E-state index in [-0.39, 0.29) is 5.91 Å². The molecule has 0 saturated carbocycles. The van der Waals surface area contributed by atoms with Crippen LogP contribution in [0.25, 0.3) is 0 Å². The van der Waals surface area contributed by atoms with Crippen LogP contribution in [0.2, 0.25) is 0 Å². The number of allylic oxidation sites excluding steroid dienone is 1. The van der Waals surface area contributed by atoms with Crippen molar-refractivity contribution in [2.24, 2.45) is 0 Å². The number of carbonyl (C=O) groups excluding carboxylic acids is 1. The minimum absolute atomic E-state index is 0.201. The maximum absolute atomic E-state index is 11.4. The first-order valence-corrected chi connectivity index (χ1v) is 5.20. The van der Waals surface area contributed by atoms with E-state index in [1.165, 1.54) is 13.2 Å². The summed E-state index contributed by atoms with van der Waals surface area (Å²) in [4.78, 5) is 11.4. The van der Waals surface area contributed by atoms with Crippen molar-refractivity contribution in [3.05, 3.63) is 40.6 Å².